The molecule has 0 aliphatic rings. The molecule has 17 heavy (non-hydrogen) atoms. The first kappa shape index (κ1) is 11.2. The maximum absolute atomic E-state index is 13.0. The van der Waals surface area contributed by atoms with Crippen LogP contribution in [0.15, 0.2) is 36.7 Å². The molecule has 5 nitrogen and oxygen atoms in total. The highest BCUT2D eigenvalue weighted by Crippen LogP contribution is 2.15. The molecule has 0 fully saturated rings. The van der Waals surface area contributed by atoms with Gasteiger partial charge in [0.05, 0.1) is 5.56 Å². The molecule has 6 heteroatoms. The number of aromatic nitrogens is 2. The summed E-state index contributed by atoms with van der Waals surface area (Å²) in [6.45, 7) is 0. The maximum Gasteiger partial charge on any atom is 0.268 e. The summed E-state index contributed by atoms with van der Waals surface area (Å²) in [5.41, 5.74) is 2.76. The monoisotopic (exact) mass is 232 g/mol. The summed E-state index contributed by atoms with van der Waals surface area (Å²) < 4.78 is 13.0. The summed E-state index contributed by atoms with van der Waals surface area (Å²) in [6.07, 6.45) is 2.66. The second-order valence-electron chi connectivity index (χ2n) is 3.28. The smallest absolute Gasteiger partial charge is 0.268 e. The predicted octanol–water partition coefficient (Wildman–Crippen LogP) is 0.886. The van der Waals surface area contributed by atoms with E-state index in [1.54, 1.807) is 12.1 Å². The number of amides is 1. The molecule has 2 aromatic rings. The number of carbonyl (C=O) groups excluding carboxylic acids is 1. The first-order valence-electron chi connectivity index (χ1n) is 4.79. The summed E-state index contributed by atoms with van der Waals surface area (Å²) in [5, 5.41) is 0. The first-order valence-corrected chi connectivity index (χ1v) is 4.79. The van der Waals surface area contributed by atoms with E-state index in [1.165, 1.54) is 24.5 Å². The average Bonchev–Trinajstić information content (AvgIpc) is 2.38. The van der Waals surface area contributed by atoms with Gasteiger partial charge in [0.1, 0.15) is 5.82 Å². The van der Waals surface area contributed by atoms with Gasteiger partial charge in [-0.1, -0.05) is 12.1 Å². The highest BCUT2D eigenvalue weighted by molar-refractivity contribution is 5.93. The Balaban J connectivity index is 2.32. The van der Waals surface area contributed by atoms with Gasteiger partial charge in [0.15, 0.2) is 5.82 Å². The minimum absolute atomic E-state index is 0.243. The fourth-order valence-electron chi connectivity index (χ4n) is 1.31. The zero-order chi connectivity index (χ0) is 12.3. The molecule has 0 unspecified atom stereocenters. The number of hydrogen-bond donors (Lipinski definition) is 2. The minimum Gasteiger partial charge on any atom is -0.290 e. The molecule has 0 aliphatic heterocycles. The first-order chi connectivity index (χ1) is 8.20. The van der Waals surface area contributed by atoms with Gasteiger partial charge < -0.3 is 0 Å². The molecule has 2 rings (SSSR count). The van der Waals surface area contributed by atoms with Gasteiger partial charge >= 0.3 is 0 Å². The number of nitrogen functional groups attached to an aromatic ring is 1. The highest BCUT2D eigenvalue weighted by Gasteiger charge is 2.06. The lowest BCUT2D eigenvalue weighted by Gasteiger charge is -2.01. The van der Waals surface area contributed by atoms with Crippen molar-refractivity contribution >= 4 is 5.91 Å². The van der Waals surface area contributed by atoms with Gasteiger partial charge in [-0.15, -0.1) is 0 Å². The second-order valence-corrected chi connectivity index (χ2v) is 3.28. The molecule has 1 heterocycles. The van der Waals surface area contributed by atoms with Crippen LogP contribution in [0.5, 0.6) is 0 Å². The number of halogens is 1. The van der Waals surface area contributed by atoms with Crippen LogP contribution >= 0.6 is 0 Å². The Kier molecular flexibility index (Phi) is 3.06. The van der Waals surface area contributed by atoms with Crippen molar-refractivity contribution in [2.75, 3.05) is 0 Å². The maximum atomic E-state index is 13.0. The van der Waals surface area contributed by atoms with E-state index in [2.05, 4.69) is 9.97 Å². The van der Waals surface area contributed by atoms with Gasteiger partial charge in [0.2, 0.25) is 0 Å². The molecule has 0 aliphatic carbocycles. The summed E-state index contributed by atoms with van der Waals surface area (Å²) in [4.78, 5) is 19.1. The van der Waals surface area contributed by atoms with Crippen molar-refractivity contribution in [1.82, 2.24) is 15.4 Å². The van der Waals surface area contributed by atoms with Gasteiger partial charge in [0, 0.05) is 18.0 Å². The Bertz CT molecular complexity index is 541. The van der Waals surface area contributed by atoms with E-state index in [0.29, 0.717) is 11.4 Å². The van der Waals surface area contributed by atoms with Crippen LogP contribution < -0.4 is 11.3 Å². The third kappa shape index (κ3) is 2.43. The van der Waals surface area contributed by atoms with Crippen LogP contribution in [0.3, 0.4) is 0 Å². The molecule has 0 saturated carbocycles. The lowest BCUT2D eigenvalue weighted by molar-refractivity contribution is 0.0953. The van der Waals surface area contributed by atoms with Crippen molar-refractivity contribution in [3.05, 3.63) is 48.0 Å². The number of carbonyl (C=O) groups is 1. The van der Waals surface area contributed by atoms with E-state index < -0.39 is 5.91 Å². The Labute approximate surface area is 96.5 Å². The highest BCUT2D eigenvalue weighted by atomic mass is 19.1. The number of hydrogen-bond acceptors (Lipinski definition) is 4. The zero-order valence-corrected chi connectivity index (χ0v) is 8.72. The van der Waals surface area contributed by atoms with Crippen LogP contribution in [0.2, 0.25) is 0 Å². The van der Waals surface area contributed by atoms with Gasteiger partial charge in [-0.25, -0.2) is 20.2 Å². The zero-order valence-electron chi connectivity index (χ0n) is 8.72. The van der Waals surface area contributed by atoms with E-state index in [1.807, 2.05) is 5.43 Å². The Hall–Kier alpha value is -2.34. The fraction of sp³-hybridized carbons (Fsp3) is 0. The molecular weight excluding hydrogens is 223 g/mol. The molecular formula is C11H9FN4O. The van der Waals surface area contributed by atoms with Gasteiger partial charge in [-0.3, -0.25) is 10.2 Å². The normalized spacial score (nSPS) is 10.0. The third-order valence-electron chi connectivity index (χ3n) is 2.13. The molecule has 86 valence electrons. The Morgan fingerprint density at radius 2 is 2.00 bits per heavy atom. The second kappa shape index (κ2) is 4.67. The lowest BCUT2D eigenvalue weighted by Crippen LogP contribution is -2.30. The molecule has 0 bridgehead atoms. The molecule has 0 saturated heterocycles. The Morgan fingerprint density at radius 1 is 1.29 bits per heavy atom. The topological polar surface area (TPSA) is 80.9 Å². The summed E-state index contributed by atoms with van der Waals surface area (Å²) in [6, 6.07) is 5.90. The number of nitrogens with zero attached hydrogens (tertiary/aromatic N) is 2. The largest absolute Gasteiger partial charge is 0.290 e. The van der Waals surface area contributed by atoms with E-state index in [-0.39, 0.29) is 11.4 Å². The Morgan fingerprint density at radius 3 is 2.59 bits per heavy atom. The van der Waals surface area contributed by atoms with Crippen molar-refractivity contribution in [1.29, 1.82) is 0 Å². The average molecular weight is 232 g/mol. The molecule has 0 radical (unpaired) electrons. The number of hydrazine groups is 1. The molecule has 0 spiro atoms. The SMILES string of the molecule is NNC(=O)c1cnc(-c2cccc(F)c2)nc1. The predicted molar refractivity (Wildman–Crippen MR) is 59.1 cm³/mol. The van der Waals surface area contributed by atoms with Crippen molar-refractivity contribution < 1.29 is 9.18 Å². The number of nitrogens with one attached hydrogen (secondary N) is 1. The molecule has 1 amide bonds. The van der Waals surface area contributed by atoms with Crippen LogP contribution in [0, 0.1) is 5.82 Å². The molecule has 3 N–H and O–H groups in total. The number of rotatable bonds is 2. The van der Waals surface area contributed by atoms with Gasteiger partial charge in [-0.05, 0) is 12.1 Å². The van der Waals surface area contributed by atoms with Crippen molar-refractivity contribution in [3.8, 4) is 11.4 Å². The summed E-state index contributed by atoms with van der Waals surface area (Å²) in [7, 11) is 0. The van der Waals surface area contributed by atoms with Crippen LogP contribution in [0.4, 0.5) is 4.39 Å². The standard InChI is InChI=1S/C11H9FN4O/c12-9-3-1-2-7(4-9)10-14-5-8(6-15-10)11(17)16-13/h1-6H,13H2,(H,16,17). The van der Waals surface area contributed by atoms with E-state index >= 15 is 0 Å². The fourth-order valence-corrected chi connectivity index (χ4v) is 1.31. The molecule has 1 aromatic carbocycles. The van der Waals surface area contributed by atoms with Crippen LogP contribution in [0.1, 0.15) is 10.4 Å². The van der Waals surface area contributed by atoms with E-state index in [0.717, 1.165) is 0 Å². The molecule has 1 aromatic heterocycles. The number of nitrogens with two attached hydrogens (primary N) is 1. The van der Waals surface area contributed by atoms with Crippen molar-refractivity contribution in [2.45, 2.75) is 0 Å². The lowest BCUT2D eigenvalue weighted by atomic mass is 10.2. The molecule has 0 atom stereocenters. The number of benzene rings is 1. The third-order valence-corrected chi connectivity index (χ3v) is 2.13. The summed E-state index contributed by atoms with van der Waals surface area (Å²) >= 11 is 0. The van der Waals surface area contributed by atoms with Crippen LogP contribution in [-0.4, -0.2) is 15.9 Å². The van der Waals surface area contributed by atoms with E-state index in [9.17, 15) is 9.18 Å². The van der Waals surface area contributed by atoms with Crippen LogP contribution in [0.25, 0.3) is 11.4 Å². The van der Waals surface area contributed by atoms with Crippen LogP contribution in [-0.2, 0) is 0 Å². The van der Waals surface area contributed by atoms with Crippen molar-refractivity contribution in [3.63, 3.8) is 0 Å². The van der Waals surface area contributed by atoms with Gasteiger partial charge in [0.25, 0.3) is 5.91 Å². The van der Waals surface area contributed by atoms with Gasteiger partial charge in [-0.2, -0.15) is 0 Å². The van der Waals surface area contributed by atoms with Crippen molar-refractivity contribution in [2.24, 2.45) is 5.84 Å². The summed E-state index contributed by atoms with van der Waals surface area (Å²) in [5.74, 6) is 4.47. The van der Waals surface area contributed by atoms with E-state index in [4.69, 9.17) is 5.84 Å². The quantitative estimate of drug-likeness (QED) is 0.457. The minimum atomic E-state index is -0.476.